The van der Waals surface area contributed by atoms with Crippen molar-refractivity contribution in [1.29, 1.82) is 0 Å². The summed E-state index contributed by atoms with van der Waals surface area (Å²) in [6, 6.07) is 2.47. The molecule has 0 radical (unpaired) electrons. The summed E-state index contributed by atoms with van der Waals surface area (Å²) in [7, 11) is 0. The van der Waals surface area contributed by atoms with Crippen molar-refractivity contribution < 1.29 is 35.2 Å². The van der Waals surface area contributed by atoms with Crippen molar-refractivity contribution in [2.24, 2.45) is 0 Å². The van der Waals surface area contributed by atoms with Gasteiger partial charge in [-0.25, -0.2) is 0 Å². The summed E-state index contributed by atoms with van der Waals surface area (Å²) in [5.74, 6) is -15.7. The molecule has 1 aliphatic rings. The fourth-order valence-corrected chi connectivity index (χ4v) is 2.77. The SMILES string of the molecule is FC1(F)c2c(c3occc3c3ccoc23)C(F)(F)C1(F)F. The largest absolute Gasteiger partial charge is 0.464 e. The van der Waals surface area contributed by atoms with Crippen molar-refractivity contribution in [1.82, 2.24) is 0 Å². The van der Waals surface area contributed by atoms with Crippen LogP contribution in [0, 0.1) is 0 Å². The third kappa shape index (κ3) is 1.10. The second kappa shape index (κ2) is 3.20. The molecule has 3 aromatic rings. The summed E-state index contributed by atoms with van der Waals surface area (Å²) >= 11 is 0. The van der Waals surface area contributed by atoms with E-state index in [0.717, 1.165) is 12.5 Å². The third-order valence-corrected chi connectivity index (χ3v) is 3.74. The molecule has 2 aromatic heterocycles. The number of furan rings is 2. The van der Waals surface area contributed by atoms with Gasteiger partial charge in [-0.15, -0.1) is 0 Å². The highest BCUT2D eigenvalue weighted by molar-refractivity contribution is 6.08. The lowest BCUT2D eigenvalue weighted by molar-refractivity contribution is -0.302. The Labute approximate surface area is 111 Å². The van der Waals surface area contributed by atoms with Crippen LogP contribution in [0.15, 0.2) is 33.5 Å². The Morgan fingerprint density at radius 1 is 0.667 bits per heavy atom. The molecule has 8 heteroatoms. The molecule has 0 bridgehead atoms. The molecule has 21 heavy (non-hydrogen) atoms. The van der Waals surface area contributed by atoms with E-state index in [2.05, 4.69) is 0 Å². The number of benzene rings is 1. The molecule has 0 spiro atoms. The van der Waals surface area contributed by atoms with Gasteiger partial charge in [0, 0.05) is 10.8 Å². The topological polar surface area (TPSA) is 26.3 Å². The van der Waals surface area contributed by atoms with Crippen LogP contribution in [0.2, 0.25) is 0 Å². The fourth-order valence-electron chi connectivity index (χ4n) is 2.77. The van der Waals surface area contributed by atoms with Crippen LogP contribution in [0.3, 0.4) is 0 Å². The van der Waals surface area contributed by atoms with E-state index in [-0.39, 0.29) is 10.8 Å². The highest BCUT2D eigenvalue weighted by Crippen LogP contribution is 2.65. The maximum absolute atomic E-state index is 13.9. The average Bonchev–Trinajstić information content (AvgIpc) is 3.05. The number of hydrogen-bond acceptors (Lipinski definition) is 2. The van der Waals surface area contributed by atoms with Crippen molar-refractivity contribution in [3.63, 3.8) is 0 Å². The van der Waals surface area contributed by atoms with Gasteiger partial charge in [0.1, 0.15) is 11.2 Å². The van der Waals surface area contributed by atoms with E-state index < -0.39 is 40.1 Å². The van der Waals surface area contributed by atoms with E-state index in [1.54, 1.807) is 0 Å². The Hall–Kier alpha value is -2.12. The number of hydrogen-bond donors (Lipinski definition) is 0. The highest BCUT2D eigenvalue weighted by atomic mass is 19.3. The maximum atomic E-state index is 13.9. The predicted molar refractivity (Wildman–Crippen MR) is 58.7 cm³/mol. The van der Waals surface area contributed by atoms with Crippen molar-refractivity contribution in [3.05, 3.63) is 35.8 Å². The van der Waals surface area contributed by atoms with Gasteiger partial charge in [-0.2, -0.15) is 26.3 Å². The van der Waals surface area contributed by atoms with Crippen molar-refractivity contribution in [2.45, 2.75) is 17.8 Å². The molecular formula is C13H4F6O2. The average molecular weight is 306 g/mol. The van der Waals surface area contributed by atoms with E-state index in [0.29, 0.717) is 0 Å². The van der Waals surface area contributed by atoms with Gasteiger partial charge in [0.05, 0.1) is 23.7 Å². The van der Waals surface area contributed by atoms with E-state index >= 15 is 0 Å². The van der Waals surface area contributed by atoms with Gasteiger partial charge in [-0.05, 0) is 12.1 Å². The van der Waals surface area contributed by atoms with E-state index in [1.807, 2.05) is 0 Å². The Kier molecular flexibility index (Phi) is 1.92. The summed E-state index contributed by atoms with van der Waals surface area (Å²) in [4.78, 5) is 0. The van der Waals surface area contributed by atoms with Crippen LogP contribution in [0.25, 0.3) is 21.9 Å². The normalized spacial score (nSPS) is 22.0. The molecule has 0 unspecified atom stereocenters. The number of alkyl halides is 6. The summed E-state index contributed by atoms with van der Waals surface area (Å²) in [5, 5.41) is 0.0383. The molecular weight excluding hydrogens is 302 g/mol. The van der Waals surface area contributed by atoms with E-state index in [4.69, 9.17) is 8.83 Å². The minimum atomic E-state index is -5.57. The molecule has 4 rings (SSSR count). The Morgan fingerprint density at radius 2 is 1.05 bits per heavy atom. The fraction of sp³-hybridized carbons (Fsp3) is 0.231. The molecule has 0 amide bonds. The molecule has 110 valence electrons. The van der Waals surface area contributed by atoms with Gasteiger partial charge < -0.3 is 8.83 Å². The van der Waals surface area contributed by atoms with Crippen molar-refractivity contribution in [3.8, 4) is 0 Å². The summed E-state index contributed by atoms with van der Waals surface area (Å²) in [6.07, 6.45) is 1.95. The number of fused-ring (bicyclic) bond motifs is 6. The first-order chi connectivity index (χ1) is 9.71. The molecule has 1 aliphatic carbocycles. The van der Waals surface area contributed by atoms with Crippen molar-refractivity contribution in [2.75, 3.05) is 0 Å². The highest BCUT2D eigenvalue weighted by Gasteiger charge is 2.81. The molecule has 1 aromatic carbocycles. The van der Waals surface area contributed by atoms with Gasteiger partial charge in [0.15, 0.2) is 0 Å². The molecule has 2 nitrogen and oxygen atoms in total. The monoisotopic (exact) mass is 306 g/mol. The summed E-state index contributed by atoms with van der Waals surface area (Å²) in [5.41, 5.74) is -4.39. The zero-order chi connectivity index (χ0) is 15.2. The van der Waals surface area contributed by atoms with E-state index in [9.17, 15) is 26.3 Å². The first-order valence-electron chi connectivity index (χ1n) is 5.76. The standard InChI is InChI=1S/C13H4F6O2/c14-11(15)7-8(12(16,17)13(11,18)19)10-6(2-4-21-10)5-1-3-20-9(5)7/h1-4H. The summed E-state index contributed by atoms with van der Waals surface area (Å²) in [6.45, 7) is 0. The van der Waals surface area contributed by atoms with Gasteiger partial charge in [0.2, 0.25) is 0 Å². The van der Waals surface area contributed by atoms with Gasteiger partial charge in [0.25, 0.3) is 0 Å². The van der Waals surface area contributed by atoms with Gasteiger partial charge in [-0.3, -0.25) is 0 Å². The van der Waals surface area contributed by atoms with Crippen LogP contribution >= 0.6 is 0 Å². The lowest BCUT2D eigenvalue weighted by atomic mass is 10.0. The van der Waals surface area contributed by atoms with Gasteiger partial charge in [-0.1, -0.05) is 0 Å². The second-order valence-electron chi connectivity index (χ2n) is 4.80. The van der Waals surface area contributed by atoms with Crippen LogP contribution in [0.5, 0.6) is 0 Å². The minimum Gasteiger partial charge on any atom is -0.464 e. The zero-order valence-corrected chi connectivity index (χ0v) is 9.89. The quantitative estimate of drug-likeness (QED) is 0.546. The van der Waals surface area contributed by atoms with E-state index in [1.165, 1.54) is 12.1 Å². The molecule has 0 saturated carbocycles. The molecule has 0 atom stereocenters. The van der Waals surface area contributed by atoms with Crippen LogP contribution in [-0.4, -0.2) is 5.92 Å². The lowest BCUT2D eigenvalue weighted by Gasteiger charge is -2.23. The van der Waals surface area contributed by atoms with Crippen LogP contribution in [0.4, 0.5) is 26.3 Å². The first kappa shape index (κ1) is 12.6. The maximum Gasteiger partial charge on any atom is 0.380 e. The smallest absolute Gasteiger partial charge is 0.380 e. The minimum absolute atomic E-state index is 0.0191. The molecule has 0 aliphatic heterocycles. The Bertz CT molecular complexity index is 817. The van der Waals surface area contributed by atoms with Crippen molar-refractivity contribution >= 4 is 21.9 Å². The lowest BCUT2D eigenvalue weighted by Crippen LogP contribution is -2.43. The summed E-state index contributed by atoms with van der Waals surface area (Å²) < 4.78 is 92.4. The number of halogens is 6. The molecule has 0 N–H and O–H groups in total. The Balaban J connectivity index is 2.34. The Morgan fingerprint density at radius 3 is 1.43 bits per heavy atom. The molecule has 0 saturated heterocycles. The van der Waals surface area contributed by atoms with Crippen LogP contribution in [-0.2, 0) is 11.8 Å². The van der Waals surface area contributed by atoms with Crippen LogP contribution in [0.1, 0.15) is 11.1 Å². The number of rotatable bonds is 0. The second-order valence-corrected chi connectivity index (χ2v) is 4.80. The first-order valence-corrected chi connectivity index (χ1v) is 5.76. The van der Waals surface area contributed by atoms with Crippen LogP contribution < -0.4 is 0 Å². The zero-order valence-electron chi connectivity index (χ0n) is 9.89. The predicted octanol–water partition coefficient (Wildman–Crippen LogP) is 5.01. The molecule has 0 fully saturated rings. The third-order valence-electron chi connectivity index (χ3n) is 3.74. The molecule has 2 heterocycles. The van der Waals surface area contributed by atoms with Gasteiger partial charge >= 0.3 is 17.8 Å².